The molecule has 0 saturated heterocycles. The van der Waals surface area contributed by atoms with E-state index in [4.69, 9.17) is 26.2 Å². The number of aromatic nitrogens is 2. The normalized spacial score (nSPS) is 10.5. The smallest absolute Gasteiger partial charge is 0.227 e. The van der Waals surface area contributed by atoms with Crippen LogP contribution >= 0.6 is 11.6 Å². The van der Waals surface area contributed by atoms with Gasteiger partial charge in [-0.2, -0.15) is 0 Å². The van der Waals surface area contributed by atoms with Crippen LogP contribution in [-0.4, -0.2) is 22.2 Å². The molecule has 0 spiro atoms. The molecule has 0 unspecified atom stereocenters. The summed E-state index contributed by atoms with van der Waals surface area (Å²) in [6.45, 7) is 1.99. The fourth-order valence-electron chi connectivity index (χ4n) is 1.92. The number of aliphatic hydroxyl groups is 1. The number of ether oxygens (including phenoxy) is 2. The quantitative estimate of drug-likeness (QED) is 0.829. The molecule has 1 aromatic carbocycles. The van der Waals surface area contributed by atoms with Gasteiger partial charge in [-0.3, -0.25) is 0 Å². The topological polar surface area (TPSA) is 64.5 Å². The van der Waals surface area contributed by atoms with Crippen LogP contribution in [0.1, 0.15) is 24.5 Å². The Morgan fingerprint density at radius 1 is 1.24 bits per heavy atom. The number of halogens is 1. The third kappa shape index (κ3) is 3.62. The van der Waals surface area contributed by atoms with E-state index in [1.165, 1.54) is 6.33 Å². The van der Waals surface area contributed by atoms with Crippen LogP contribution in [0, 0.1) is 0 Å². The van der Waals surface area contributed by atoms with Crippen molar-refractivity contribution < 1.29 is 14.6 Å². The monoisotopic (exact) mass is 308 g/mol. The van der Waals surface area contributed by atoms with Crippen LogP contribution in [0.5, 0.6) is 17.4 Å². The summed E-state index contributed by atoms with van der Waals surface area (Å²) in [4.78, 5) is 8.13. The minimum Gasteiger partial charge on any atom is -0.493 e. The highest BCUT2D eigenvalue weighted by atomic mass is 35.5. The van der Waals surface area contributed by atoms with Crippen molar-refractivity contribution in [3.63, 3.8) is 0 Å². The number of benzene rings is 1. The maximum atomic E-state index is 9.15. The molecular weight excluding hydrogens is 292 g/mol. The van der Waals surface area contributed by atoms with Gasteiger partial charge < -0.3 is 14.6 Å². The predicted octanol–water partition coefficient (Wildman–Crippen LogP) is 3.38. The first-order chi connectivity index (χ1) is 10.2. The number of nitrogens with zero attached hydrogens (tertiary/aromatic N) is 2. The largest absolute Gasteiger partial charge is 0.493 e. The van der Waals surface area contributed by atoms with Gasteiger partial charge in [0.05, 0.1) is 19.3 Å². The molecule has 2 rings (SSSR count). The third-order valence-corrected chi connectivity index (χ3v) is 3.30. The minimum absolute atomic E-state index is 0.0585. The second-order valence-corrected chi connectivity index (χ2v) is 4.80. The zero-order valence-corrected chi connectivity index (χ0v) is 12.7. The van der Waals surface area contributed by atoms with Gasteiger partial charge in [0.1, 0.15) is 11.5 Å². The van der Waals surface area contributed by atoms with Gasteiger partial charge in [-0.15, -0.1) is 0 Å². The Labute approximate surface area is 128 Å². The average molecular weight is 309 g/mol. The van der Waals surface area contributed by atoms with Crippen LogP contribution < -0.4 is 9.47 Å². The average Bonchev–Trinajstić information content (AvgIpc) is 2.51. The zero-order valence-electron chi connectivity index (χ0n) is 12.0. The molecule has 5 nitrogen and oxygen atoms in total. The van der Waals surface area contributed by atoms with Gasteiger partial charge in [-0.05, 0) is 24.1 Å². The van der Waals surface area contributed by atoms with Crippen molar-refractivity contribution in [2.75, 3.05) is 7.11 Å². The first-order valence-electron chi connectivity index (χ1n) is 6.64. The molecule has 1 N–H and O–H groups in total. The van der Waals surface area contributed by atoms with E-state index in [0.717, 1.165) is 24.0 Å². The number of rotatable bonds is 6. The lowest BCUT2D eigenvalue weighted by Gasteiger charge is -2.13. The molecule has 21 heavy (non-hydrogen) atoms. The molecule has 0 aliphatic heterocycles. The number of methoxy groups -OCH3 is 1. The standard InChI is InChI=1S/C15H17ClN2O3/c1-3-4-11-14(16)17-9-18-15(11)21-12-6-5-10(8-19)7-13(12)20-2/h5-7,9,19H,3-4,8H2,1-2H3. The van der Waals surface area contributed by atoms with E-state index < -0.39 is 0 Å². The molecule has 0 radical (unpaired) electrons. The van der Waals surface area contributed by atoms with E-state index in [9.17, 15) is 0 Å². The van der Waals surface area contributed by atoms with Gasteiger partial charge in [0, 0.05) is 0 Å². The number of hydrogen-bond acceptors (Lipinski definition) is 5. The third-order valence-electron chi connectivity index (χ3n) is 2.97. The molecule has 2 aromatic rings. The van der Waals surface area contributed by atoms with Gasteiger partial charge in [0.2, 0.25) is 5.88 Å². The van der Waals surface area contributed by atoms with Crippen LogP contribution in [0.2, 0.25) is 5.15 Å². The van der Waals surface area contributed by atoms with Gasteiger partial charge in [0.25, 0.3) is 0 Å². The fraction of sp³-hybridized carbons (Fsp3) is 0.333. The summed E-state index contributed by atoms with van der Waals surface area (Å²) >= 11 is 6.10. The highest BCUT2D eigenvalue weighted by Crippen LogP contribution is 2.34. The Kier molecular flexibility index (Phi) is 5.36. The van der Waals surface area contributed by atoms with E-state index in [-0.39, 0.29) is 6.61 Å². The molecule has 1 heterocycles. The van der Waals surface area contributed by atoms with Crippen molar-refractivity contribution in [3.8, 4) is 17.4 Å². The lowest BCUT2D eigenvalue weighted by molar-refractivity contribution is 0.280. The van der Waals surface area contributed by atoms with Crippen LogP contribution in [0.3, 0.4) is 0 Å². The number of aliphatic hydroxyl groups excluding tert-OH is 1. The molecule has 112 valence electrons. The van der Waals surface area contributed by atoms with Gasteiger partial charge in [0.15, 0.2) is 11.5 Å². The van der Waals surface area contributed by atoms with Crippen molar-refractivity contribution in [1.82, 2.24) is 9.97 Å². The lowest BCUT2D eigenvalue weighted by atomic mass is 10.2. The molecule has 0 bridgehead atoms. The Morgan fingerprint density at radius 3 is 2.71 bits per heavy atom. The first kappa shape index (κ1) is 15.5. The Morgan fingerprint density at radius 2 is 2.05 bits per heavy atom. The molecule has 0 fully saturated rings. The predicted molar refractivity (Wildman–Crippen MR) is 80.0 cm³/mol. The molecule has 6 heteroatoms. The fourth-order valence-corrected chi connectivity index (χ4v) is 2.14. The van der Waals surface area contributed by atoms with E-state index in [2.05, 4.69) is 9.97 Å². The summed E-state index contributed by atoms with van der Waals surface area (Å²) in [5, 5.41) is 9.55. The van der Waals surface area contributed by atoms with Gasteiger partial charge >= 0.3 is 0 Å². The van der Waals surface area contributed by atoms with E-state index in [0.29, 0.717) is 22.5 Å². The van der Waals surface area contributed by atoms with Crippen LogP contribution in [0.25, 0.3) is 0 Å². The molecule has 0 atom stereocenters. The second kappa shape index (κ2) is 7.24. The molecule has 1 aromatic heterocycles. The Bertz CT molecular complexity index is 620. The summed E-state index contributed by atoms with van der Waals surface area (Å²) in [7, 11) is 1.54. The molecule has 0 amide bonds. The number of hydrogen-bond donors (Lipinski definition) is 1. The molecule has 0 aliphatic rings. The second-order valence-electron chi connectivity index (χ2n) is 4.44. The van der Waals surface area contributed by atoms with Crippen molar-refractivity contribution >= 4 is 11.6 Å². The Hall–Kier alpha value is -1.85. The van der Waals surface area contributed by atoms with Crippen molar-refractivity contribution in [2.24, 2.45) is 0 Å². The summed E-state index contributed by atoms with van der Waals surface area (Å²) in [5.74, 6) is 1.47. The Balaban J connectivity index is 2.36. The molecule has 0 saturated carbocycles. The summed E-state index contributed by atoms with van der Waals surface area (Å²) in [6.07, 6.45) is 3.00. The summed E-state index contributed by atoms with van der Waals surface area (Å²) in [5.41, 5.74) is 1.52. The van der Waals surface area contributed by atoms with Gasteiger partial charge in [-0.1, -0.05) is 31.0 Å². The van der Waals surface area contributed by atoms with Crippen LogP contribution in [-0.2, 0) is 13.0 Å². The SMILES string of the molecule is CCCc1c(Cl)ncnc1Oc1ccc(CO)cc1OC. The zero-order chi connectivity index (χ0) is 15.2. The van der Waals surface area contributed by atoms with E-state index >= 15 is 0 Å². The van der Waals surface area contributed by atoms with Crippen molar-refractivity contribution in [2.45, 2.75) is 26.4 Å². The highest BCUT2D eigenvalue weighted by molar-refractivity contribution is 6.30. The minimum atomic E-state index is -0.0585. The van der Waals surface area contributed by atoms with Crippen LogP contribution in [0.4, 0.5) is 0 Å². The highest BCUT2D eigenvalue weighted by Gasteiger charge is 2.14. The maximum Gasteiger partial charge on any atom is 0.227 e. The van der Waals surface area contributed by atoms with Crippen molar-refractivity contribution in [3.05, 3.63) is 40.8 Å². The van der Waals surface area contributed by atoms with Crippen LogP contribution in [0.15, 0.2) is 24.5 Å². The van der Waals surface area contributed by atoms with Gasteiger partial charge in [-0.25, -0.2) is 9.97 Å². The van der Waals surface area contributed by atoms with Crippen molar-refractivity contribution in [1.29, 1.82) is 0 Å². The first-order valence-corrected chi connectivity index (χ1v) is 7.02. The molecular formula is C15H17ClN2O3. The summed E-state index contributed by atoms with van der Waals surface area (Å²) in [6, 6.07) is 5.22. The maximum absolute atomic E-state index is 9.15. The summed E-state index contributed by atoms with van der Waals surface area (Å²) < 4.78 is 11.1. The lowest BCUT2D eigenvalue weighted by Crippen LogP contribution is -1.99. The van der Waals surface area contributed by atoms with E-state index in [1.54, 1.807) is 25.3 Å². The molecule has 0 aliphatic carbocycles. The van der Waals surface area contributed by atoms with E-state index in [1.807, 2.05) is 6.92 Å².